The number of rotatable bonds is 7. The van der Waals surface area contributed by atoms with Crippen molar-refractivity contribution in [3.8, 4) is 5.75 Å². The van der Waals surface area contributed by atoms with Gasteiger partial charge in [-0.1, -0.05) is 59.6 Å². The molecule has 4 aromatic rings. The van der Waals surface area contributed by atoms with Crippen molar-refractivity contribution in [1.82, 2.24) is 4.98 Å². The largest absolute Gasteiger partial charge is 0.489 e. The summed E-state index contributed by atoms with van der Waals surface area (Å²) in [6.45, 7) is 2.87. The van der Waals surface area contributed by atoms with Crippen LogP contribution >= 0.6 is 11.6 Å². The van der Waals surface area contributed by atoms with Gasteiger partial charge in [0.2, 0.25) is 0 Å². The zero-order valence-corrected chi connectivity index (χ0v) is 18.5. The molecule has 160 valence electrons. The number of aromatic nitrogens is 1. The molecule has 4 nitrogen and oxygen atoms in total. The molecule has 0 saturated heterocycles. The molecule has 3 aromatic carbocycles. The quantitative estimate of drug-likeness (QED) is 0.329. The summed E-state index contributed by atoms with van der Waals surface area (Å²) in [5.74, 6) is 1.28. The molecule has 32 heavy (non-hydrogen) atoms. The predicted molar refractivity (Wildman–Crippen MR) is 128 cm³/mol. The number of halogens is 1. The summed E-state index contributed by atoms with van der Waals surface area (Å²) in [7, 11) is 0. The first-order valence-electron chi connectivity index (χ1n) is 10.3. The van der Waals surface area contributed by atoms with Gasteiger partial charge in [-0.05, 0) is 66.6 Å². The number of hydrogen-bond donors (Lipinski definition) is 0. The molecule has 0 fully saturated rings. The van der Waals surface area contributed by atoms with Gasteiger partial charge in [0, 0.05) is 16.8 Å². The number of benzene rings is 3. The molecule has 0 saturated carbocycles. The van der Waals surface area contributed by atoms with Crippen LogP contribution in [0.2, 0.25) is 5.02 Å². The highest BCUT2D eigenvalue weighted by atomic mass is 35.5. The number of carbonyl (C=O) groups excluding carboxylic acids is 1. The van der Waals surface area contributed by atoms with E-state index in [1.807, 2.05) is 97.9 Å². The van der Waals surface area contributed by atoms with E-state index in [9.17, 15) is 4.79 Å². The van der Waals surface area contributed by atoms with Crippen LogP contribution in [-0.2, 0) is 13.2 Å². The van der Waals surface area contributed by atoms with E-state index in [1.54, 1.807) is 11.1 Å². The number of aryl methyl sites for hydroxylation is 1. The summed E-state index contributed by atoms with van der Waals surface area (Å²) in [6, 6.07) is 28.5. The van der Waals surface area contributed by atoms with E-state index >= 15 is 0 Å². The van der Waals surface area contributed by atoms with Gasteiger partial charge < -0.3 is 4.74 Å². The van der Waals surface area contributed by atoms with Crippen molar-refractivity contribution in [1.29, 1.82) is 0 Å². The Balaban J connectivity index is 1.48. The third-order valence-electron chi connectivity index (χ3n) is 5.05. The Kier molecular flexibility index (Phi) is 6.83. The fourth-order valence-corrected chi connectivity index (χ4v) is 3.37. The van der Waals surface area contributed by atoms with E-state index in [0.717, 1.165) is 22.4 Å². The Morgan fingerprint density at radius 1 is 0.875 bits per heavy atom. The minimum atomic E-state index is -0.0910. The second-order valence-corrected chi connectivity index (χ2v) is 7.94. The van der Waals surface area contributed by atoms with E-state index < -0.39 is 0 Å². The Labute approximate surface area is 193 Å². The van der Waals surface area contributed by atoms with Gasteiger partial charge in [-0.2, -0.15) is 0 Å². The Bertz CT molecular complexity index is 1160. The van der Waals surface area contributed by atoms with Gasteiger partial charge in [0.05, 0.1) is 6.54 Å². The molecule has 0 aliphatic rings. The average Bonchev–Trinajstić information content (AvgIpc) is 2.83. The third kappa shape index (κ3) is 5.54. The molecule has 0 unspecified atom stereocenters. The first kappa shape index (κ1) is 21.6. The SMILES string of the molecule is Cc1ccc(C(=O)N(Cc2ccc(OCc3ccc(Cl)cc3)cc2)c2ccccn2)cc1. The predicted octanol–water partition coefficient (Wildman–Crippen LogP) is 6.47. The van der Waals surface area contributed by atoms with Crippen LogP contribution in [0, 0.1) is 6.92 Å². The molecular weight excluding hydrogens is 420 g/mol. The van der Waals surface area contributed by atoms with E-state index in [2.05, 4.69) is 4.98 Å². The van der Waals surface area contributed by atoms with Crippen molar-refractivity contribution < 1.29 is 9.53 Å². The minimum Gasteiger partial charge on any atom is -0.489 e. The number of carbonyl (C=O) groups is 1. The summed E-state index contributed by atoms with van der Waals surface area (Å²) in [5.41, 5.74) is 3.77. The number of pyridine rings is 1. The molecule has 5 heteroatoms. The summed E-state index contributed by atoms with van der Waals surface area (Å²) in [4.78, 5) is 19.3. The van der Waals surface area contributed by atoms with Crippen molar-refractivity contribution in [3.05, 3.63) is 124 Å². The number of ether oxygens (including phenoxy) is 1. The van der Waals surface area contributed by atoms with Crippen molar-refractivity contribution in [2.75, 3.05) is 4.90 Å². The average molecular weight is 443 g/mol. The summed E-state index contributed by atoms with van der Waals surface area (Å²) < 4.78 is 5.87. The number of amides is 1. The lowest BCUT2D eigenvalue weighted by atomic mass is 10.1. The lowest BCUT2D eigenvalue weighted by molar-refractivity contribution is 0.0984. The van der Waals surface area contributed by atoms with E-state index in [1.165, 1.54) is 0 Å². The highest BCUT2D eigenvalue weighted by Gasteiger charge is 2.19. The molecule has 0 N–H and O–H groups in total. The van der Waals surface area contributed by atoms with Crippen LogP contribution in [-0.4, -0.2) is 10.9 Å². The second-order valence-electron chi connectivity index (χ2n) is 7.50. The van der Waals surface area contributed by atoms with Crippen molar-refractivity contribution in [3.63, 3.8) is 0 Å². The lowest BCUT2D eigenvalue weighted by Gasteiger charge is -2.22. The van der Waals surface area contributed by atoms with Gasteiger partial charge in [-0.15, -0.1) is 0 Å². The number of anilines is 1. The molecular formula is C27H23ClN2O2. The highest BCUT2D eigenvalue weighted by Crippen LogP contribution is 2.21. The van der Waals surface area contributed by atoms with Crippen molar-refractivity contribution in [2.24, 2.45) is 0 Å². The zero-order chi connectivity index (χ0) is 22.3. The van der Waals surface area contributed by atoms with Crippen LogP contribution in [0.1, 0.15) is 27.0 Å². The molecule has 0 atom stereocenters. The summed E-state index contributed by atoms with van der Waals surface area (Å²) >= 11 is 5.93. The Morgan fingerprint density at radius 2 is 1.56 bits per heavy atom. The van der Waals surface area contributed by atoms with Crippen molar-refractivity contribution >= 4 is 23.3 Å². The first-order valence-corrected chi connectivity index (χ1v) is 10.7. The summed E-state index contributed by atoms with van der Waals surface area (Å²) in [5, 5.41) is 0.704. The Hall–Kier alpha value is -3.63. The van der Waals surface area contributed by atoms with Crippen LogP contribution in [0.3, 0.4) is 0 Å². The van der Waals surface area contributed by atoms with Crippen molar-refractivity contribution in [2.45, 2.75) is 20.1 Å². The summed E-state index contributed by atoms with van der Waals surface area (Å²) in [6.07, 6.45) is 1.69. The Morgan fingerprint density at radius 3 is 2.22 bits per heavy atom. The molecule has 0 bridgehead atoms. The first-order chi connectivity index (χ1) is 15.6. The molecule has 0 aliphatic carbocycles. The van der Waals surface area contributed by atoms with Gasteiger partial charge in [0.25, 0.3) is 5.91 Å². The van der Waals surface area contributed by atoms with E-state index in [0.29, 0.717) is 29.6 Å². The molecule has 0 radical (unpaired) electrons. The fraction of sp³-hybridized carbons (Fsp3) is 0.111. The lowest BCUT2D eigenvalue weighted by Crippen LogP contribution is -2.31. The molecule has 1 heterocycles. The van der Waals surface area contributed by atoms with Gasteiger partial charge in [-0.3, -0.25) is 9.69 Å². The maximum Gasteiger partial charge on any atom is 0.259 e. The van der Waals surface area contributed by atoms with Crippen LogP contribution in [0.4, 0.5) is 5.82 Å². The van der Waals surface area contributed by atoms with Gasteiger partial charge in [0.1, 0.15) is 18.2 Å². The normalized spacial score (nSPS) is 10.6. The smallest absolute Gasteiger partial charge is 0.259 e. The molecule has 4 rings (SSSR count). The minimum absolute atomic E-state index is 0.0910. The van der Waals surface area contributed by atoms with Gasteiger partial charge in [0.15, 0.2) is 0 Å². The van der Waals surface area contributed by atoms with Crippen LogP contribution in [0.5, 0.6) is 5.75 Å². The zero-order valence-electron chi connectivity index (χ0n) is 17.7. The van der Waals surface area contributed by atoms with E-state index in [-0.39, 0.29) is 5.91 Å². The third-order valence-corrected chi connectivity index (χ3v) is 5.30. The second kappa shape index (κ2) is 10.1. The number of hydrogen-bond acceptors (Lipinski definition) is 3. The monoisotopic (exact) mass is 442 g/mol. The van der Waals surface area contributed by atoms with Crippen LogP contribution < -0.4 is 9.64 Å². The molecule has 0 aliphatic heterocycles. The number of nitrogens with zero attached hydrogens (tertiary/aromatic N) is 2. The maximum atomic E-state index is 13.3. The molecule has 0 spiro atoms. The highest BCUT2D eigenvalue weighted by molar-refractivity contribution is 6.30. The van der Waals surface area contributed by atoms with Gasteiger partial charge in [-0.25, -0.2) is 4.98 Å². The van der Waals surface area contributed by atoms with Crippen LogP contribution in [0.25, 0.3) is 0 Å². The molecule has 1 aromatic heterocycles. The fourth-order valence-electron chi connectivity index (χ4n) is 3.24. The topological polar surface area (TPSA) is 42.4 Å². The van der Waals surface area contributed by atoms with E-state index in [4.69, 9.17) is 16.3 Å². The standard InChI is InChI=1S/C27H23ClN2O2/c1-20-5-11-23(12-6-20)27(31)30(26-4-2-3-17-29-26)18-21-9-15-25(16-10-21)32-19-22-7-13-24(28)14-8-22/h2-17H,18-19H2,1H3. The van der Waals surface area contributed by atoms with Crippen LogP contribution in [0.15, 0.2) is 97.2 Å². The molecule has 1 amide bonds. The van der Waals surface area contributed by atoms with Gasteiger partial charge >= 0.3 is 0 Å². The maximum absolute atomic E-state index is 13.3.